The standard InChI is InChI=1S/C29H24ClN5O7/c1-40-16-42-25-13-19(30)7-8-20(25)23-14-21(22(15-31)26(34-23)35-28(37)24-6-3-11-41-24)17-4-2-5-18(12-17)27(36)32-9-10-33-29(38)39/h2-8,11-14,33H,9-10,16H2,1H3,(H,32,36)(H,38,39)(H,34,35,37). The van der Waals surface area contributed by atoms with E-state index in [1.807, 2.05) is 0 Å². The highest BCUT2D eigenvalue weighted by Gasteiger charge is 2.21. The van der Waals surface area contributed by atoms with E-state index in [0.29, 0.717) is 33.2 Å². The molecular formula is C29H24ClN5O7. The molecule has 4 aromatic rings. The van der Waals surface area contributed by atoms with Crippen molar-refractivity contribution in [2.24, 2.45) is 0 Å². The zero-order valence-corrected chi connectivity index (χ0v) is 22.9. The van der Waals surface area contributed by atoms with Gasteiger partial charge >= 0.3 is 6.09 Å². The lowest BCUT2D eigenvalue weighted by Crippen LogP contribution is -2.33. The van der Waals surface area contributed by atoms with Gasteiger partial charge in [-0.25, -0.2) is 9.78 Å². The fraction of sp³-hybridized carbons (Fsp3) is 0.138. The number of halogens is 1. The summed E-state index contributed by atoms with van der Waals surface area (Å²) < 4.78 is 15.9. The van der Waals surface area contributed by atoms with Crippen molar-refractivity contribution < 1.29 is 33.4 Å². The van der Waals surface area contributed by atoms with Crippen molar-refractivity contribution in [3.05, 3.63) is 88.8 Å². The highest BCUT2D eigenvalue weighted by molar-refractivity contribution is 6.30. The third-order valence-corrected chi connectivity index (χ3v) is 6.02. The number of furan rings is 1. The lowest BCUT2D eigenvalue weighted by molar-refractivity contribution is 0.0515. The molecule has 0 aliphatic carbocycles. The van der Waals surface area contributed by atoms with Gasteiger partial charge in [0.1, 0.15) is 17.4 Å². The molecule has 0 spiro atoms. The van der Waals surface area contributed by atoms with E-state index >= 15 is 0 Å². The first-order chi connectivity index (χ1) is 20.3. The van der Waals surface area contributed by atoms with Crippen LogP contribution in [0.3, 0.4) is 0 Å². The van der Waals surface area contributed by atoms with Crippen molar-refractivity contribution in [2.45, 2.75) is 0 Å². The number of rotatable bonds is 11. The van der Waals surface area contributed by atoms with Gasteiger partial charge in [-0.1, -0.05) is 23.7 Å². The maximum Gasteiger partial charge on any atom is 0.404 e. The molecule has 0 bridgehead atoms. The van der Waals surface area contributed by atoms with Crippen LogP contribution >= 0.6 is 11.6 Å². The van der Waals surface area contributed by atoms with Gasteiger partial charge in [0, 0.05) is 41.9 Å². The Kier molecular flexibility index (Phi) is 9.73. The van der Waals surface area contributed by atoms with E-state index in [1.165, 1.54) is 19.4 Å². The molecule has 2 aromatic heterocycles. The van der Waals surface area contributed by atoms with Crippen LogP contribution in [0, 0.1) is 11.3 Å². The first kappa shape index (κ1) is 29.6. The van der Waals surface area contributed by atoms with Gasteiger partial charge in [0.15, 0.2) is 18.4 Å². The van der Waals surface area contributed by atoms with Gasteiger partial charge in [0.05, 0.1) is 12.0 Å². The number of nitrogens with zero attached hydrogens (tertiary/aromatic N) is 2. The first-order valence-corrected chi connectivity index (χ1v) is 12.8. The summed E-state index contributed by atoms with van der Waals surface area (Å²) in [5.74, 6) is -0.759. The molecule has 4 rings (SSSR count). The monoisotopic (exact) mass is 589 g/mol. The predicted molar refractivity (Wildman–Crippen MR) is 152 cm³/mol. The number of hydrogen-bond acceptors (Lipinski definition) is 8. The summed E-state index contributed by atoms with van der Waals surface area (Å²) in [7, 11) is 1.47. The Labute approximate surface area is 244 Å². The number of ether oxygens (including phenoxy) is 2. The molecule has 42 heavy (non-hydrogen) atoms. The molecule has 3 amide bonds. The van der Waals surface area contributed by atoms with Crippen molar-refractivity contribution in [3.8, 4) is 34.2 Å². The summed E-state index contributed by atoms with van der Waals surface area (Å²) in [5, 5.41) is 26.7. The third kappa shape index (κ3) is 7.22. The Morgan fingerprint density at radius 2 is 1.83 bits per heavy atom. The Bertz CT molecular complexity index is 1650. The third-order valence-electron chi connectivity index (χ3n) is 5.78. The van der Waals surface area contributed by atoms with E-state index in [2.05, 4.69) is 27.0 Å². The van der Waals surface area contributed by atoms with Crippen LogP contribution in [-0.4, -0.2) is 55.0 Å². The molecule has 0 saturated heterocycles. The summed E-state index contributed by atoms with van der Waals surface area (Å²) in [5.41, 5.74) is 1.98. The minimum absolute atomic E-state index is 0.0132. The molecule has 0 radical (unpaired) electrons. The van der Waals surface area contributed by atoms with Crippen molar-refractivity contribution in [3.63, 3.8) is 0 Å². The number of benzene rings is 2. The van der Waals surface area contributed by atoms with E-state index in [-0.39, 0.29) is 42.6 Å². The minimum atomic E-state index is -1.20. The second-order valence-corrected chi connectivity index (χ2v) is 9.02. The number of nitrogens with one attached hydrogen (secondary N) is 3. The van der Waals surface area contributed by atoms with Crippen molar-refractivity contribution in [1.82, 2.24) is 15.6 Å². The Balaban J connectivity index is 1.81. The average molecular weight is 590 g/mol. The second-order valence-electron chi connectivity index (χ2n) is 8.58. The molecule has 214 valence electrons. The molecule has 0 saturated carbocycles. The quantitative estimate of drug-likeness (QED) is 0.142. The van der Waals surface area contributed by atoms with Crippen LogP contribution in [0.15, 0.2) is 71.3 Å². The number of anilines is 1. The SMILES string of the molecule is COCOc1cc(Cl)ccc1-c1cc(-c2cccc(C(=O)NCCNC(=O)O)c2)c(C#N)c(NC(=O)c2ccco2)n1. The molecule has 2 aromatic carbocycles. The number of carbonyl (C=O) groups is 3. The van der Waals surface area contributed by atoms with Gasteiger partial charge in [0.25, 0.3) is 11.8 Å². The molecule has 0 aliphatic rings. The largest absolute Gasteiger partial charge is 0.467 e. The van der Waals surface area contributed by atoms with Crippen LogP contribution in [0.2, 0.25) is 5.02 Å². The molecule has 4 N–H and O–H groups in total. The van der Waals surface area contributed by atoms with E-state index in [1.54, 1.807) is 54.6 Å². The van der Waals surface area contributed by atoms with Gasteiger partial charge < -0.3 is 34.9 Å². The summed E-state index contributed by atoms with van der Waals surface area (Å²) in [6, 6.07) is 18.2. The molecule has 12 nitrogen and oxygen atoms in total. The normalized spacial score (nSPS) is 10.4. The number of carboxylic acid groups (broad SMARTS) is 1. The highest BCUT2D eigenvalue weighted by Crippen LogP contribution is 2.37. The zero-order chi connectivity index (χ0) is 30.1. The zero-order valence-electron chi connectivity index (χ0n) is 22.1. The van der Waals surface area contributed by atoms with E-state index in [9.17, 15) is 19.6 Å². The summed E-state index contributed by atoms with van der Waals surface area (Å²) in [6.45, 7) is 0.0278. The number of hydrogen-bond donors (Lipinski definition) is 4. The van der Waals surface area contributed by atoms with Gasteiger partial charge in [-0.05, 0) is 54.1 Å². The Morgan fingerprint density at radius 3 is 2.55 bits per heavy atom. The number of carbonyl (C=O) groups excluding carboxylic acids is 2. The van der Waals surface area contributed by atoms with Gasteiger partial charge in [-0.15, -0.1) is 0 Å². The molecule has 0 fully saturated rings. The van der Waals surface area contributed by atoms with Crippen molar-refractivity contribution in [2.75, 3.05) is 32.3 Å². The first-order valence-electron chi connectivity index (χ1n) is 12.4. The Hall–Kier alpha value is -5.38. The Morgan fingerprint density at radius 1 is 1.02 bits per heavy atom. The number of nitriles is 1. The fourth-order valence-electron chi connectivity index (χ4n) is 3.92. The molecule has 13 heteroatoms. The minimum Gasteiger partial charge on any atom is -0.467 e. The van der Waals surface area contributed by atoms with Gasteiger partial charge in [0.2, 0.25) is 0 Å². The number of amides is 3. The van der Waals surface area contributed by atoms with Crippen LogP contribution in [-0.2, 0) is 4.74 Å². The summed E-state index contributed by atoms with van der Waals surface area (Å²) in [6.07, 6.45) is 0.145. The fourth-order valence-corrected chi connectivity index (χ4v) is 4.08. The van der Waals surface area contributed by atoms with Crippen LogP contribution in [0.4, 0.5) is 10.6 Å². The highest BCUT2D eigenvalue weighted by atomic mass is 35.5. The van der Waals surface area contributed by atoms with E-state index in [4.69, 9.17) is 30.6 Å². The summed E-state index contributed by atoms with van der Waals surface area (Å²) in [4.78, 5) is 40.9. The van der Waals surface area contributed by atoms with Crippen LogP contribution < -0.4 is 20.7 Å². The number of aromatic nitrogens is 1. The lowest BCUT2D eigenvalue weighted by Gasteiger charge is -2.16. The van der Waals surface area contributed by atoms with Crippen LogP contribution in [0.25, 0.3) is 22.4 Å². The van der Waals surface area contributed by atoms with Crippen molar-refractivity contribution in [1.29, 1.82) is 5.26 Å². The number of methoxy groups -OCH3 is 1. The topological polar surface area (TPSA) is 176 Å². The molecule has 0 atom stereocenters. The second kappa shape index (κ2) is 13.8. The van der Waals surface area contributed by atoms with Gasteiger partial charge in [-0.3, -0.25) is 9.59 Å². The van der Waals surface area contributed by atoms with E-state index in [0.717, 1.165) is 0 Å². The number of pyridine rings is 1. The maximum atomic E-state index is 12.9. The van der Waals surface area contributed by atoms with Gasteiger partial charge in [-0.2, -0.15) is 5.26 Å². The molecule has 0 unspecified atom stereocenters. The van der Waals surface area contributed by atoms with E-state index < -0.39 is 17.9 Å². The van der Waals surface area contributed by atoms with Crippen LogP contribution in [0.5, 0.6) is 5.75 Å². The molecule has 2 heterocycles. The smallest absolute Gasteiger partial charge is 0.404 e. The summed E-state index contributed by atoms with van der Waals surface area (Å²) >= 11 is 6.20. The van der Waals surface area contributed by atoms with Crippen LogP contribution in [0.1, 0.15) is 26.5 Å². The average Bonchev–Trinajstić information content (AvgIpc) is 3.53. The maximum absolute atomic E-state index is 12.9. The molecular weight excluding hydrogens is 566 g/mol. The molecule has 0 aliphatic heterocycles. The van der Waals surface area contributed by atoms with Crippen molar-refractivity contribution >= 4 is 35.3 Å². The predicted octanol–water partition coefficient (Wildman–Crippen LogP) is 4.77. The lowest BCUT2D eigenvalue weighted by atomic mass is 9.96.